The van der Waals surface area contributed by atoms with Crippen molar-refractivity contribution < 1.29 is 64.2 Å². The van der Waals surface area contributed by atoms with Gasteiger partial charge in [0.1, 0.15) is 53.4 Å². The fourth-order valence-electron chi connectivity index (χ4n) is 4.75. The number of carbonyl (C=O) groups is 1. The van der Waals surface area contributed by atoms with Gasteiger partial charge in [-0.1, -0.05) is 12.1 Å². The van der Waals surface area contributed by atoms with Gasteiger partial charge in [0.05, 0.1) is 31.8 Å². The average molecular weight is 551 g/mol. The number of aromatic hydroxyl groups is 1. The van der Waals surface area contributed by atoms with Gasteiger partial charge in [0.25, 0.3) is 0 Å². The van der Waals surface area contributed by atoms with E-state index in [-0.39, 0.29) is 29.5 Å². The molecule has 0 unspecified atom stereocenters. The van der Waals surface area contributed by atoms with Crippen LogP contribution >= 0.6 is 0 Å². The van der Waals surface area contributed by atoms with Gasteiger partial charge < -0.3 is 59.4 Å². The number of hydrogen-bond acceptors (Lipinski definition) is 13. The van der Waals surface area contributed by atoms with Crippen LogP contribution in [0, 0.1) is 0 Å². The highest BCUT2D eigenvalue weighted by Gasteiger charge is 2.53. The lowest BCUT2D eigenvalue weighted by Gasteiger charge is -2.42. The zero-order valence-corrected chi connectivity index (χ0v) is 20.6. The Hall–Kier alpha value is -2.85. The molecular weight excluding hydrogens is 520 g/mol. The number of Topliss-reactive ketones (excluding diaryl/α,β-unsaturated/α-hetero) is 1. The Morgan fingerprint density at radius 1 is 1.00 bits per heavy atom. The van der Waals surface area contributed by atoms with Crippen LogP contribution < -0.4 is 9.47 Å². The summed E-state index contributed by atoms with van der Waals surface area (Å²) >= 11 is 0. The van der Waals surface area contributed by atoms with Crippen LogP contribution in [-0.2, 0) is 14.2 Å². The molecule has 2 saturated heterocycles. The quantitative estimate of drug-likeness (QED) is 0.215. The summed E-state index contributed by atoms with van der Waals surface area (Å²) in [4.78, 5) is 12.5. The Kier molecular flexibility index (Phi) is 7.79. The lowest BCUT2D eigenvalue weighted by atomic mass is 9.96. The van der Waals surface area contributed by atoms with E-state index in [1.807, 2.05) is 0 Å². The molecule has 39 heavy (non-hydrogen) atoms. The molecule has 9 atom stereocenters. The monoisotopic (exact) mass is 550 g/mol. The van der Waals surface area contributed by atoms with E-state index >= 15 is 0 Å². The van der Waals surface area contributed by atoms with E-state index in [0.717, 1.165) is 0 Å². The topological polar surface area (TPSA) is 205 Å². The molecule has 3 heterocycles. The van der Waals surface area contributed by atoms with Gasteiger partial charge in [-0.2, -0.15) is 0 Å². The van der Waals surface area contributed by atoms with Gasteiger partial charge in [-0.05, 0) is 29.8 Å². The Bertz CT molecular complexity index is 1170. The minimum absolute atomic E-state index is 0.0275. The average Bonchev–Trinajstić information content (AvgIpc) is 3.21. The van der Waals surface area contributed by atoms with Crippen molar-refractivity contribution in [3.05, 3.63) is 53.6 Å². The van der Waals surface area contributed by atoms with E-state index in [2.05, 4.69) is 0 Å². The number of aliphatic hydroxyl groups is 6. The molecule has 0 aromatic heterocycles. The van der Waals surface area contributed by atoms with Crippen LogP contribution in [0.15, 0.2) is 42.5 Å². The summed E-state index contributed by atoms with van der Waals surface area (Å²) in [5.41, 5.74) is -0.945. The molecule has 13 nitrogen and oxygen atoms in total. The van der Waals surface area contributed by atoms with Crippen molar-refractivity contribution in [1.29, 1.82) is 0 Å². The van der Waals surface area contributed by atoms with E-state index in [4.69, 9.17) is 23.7 Å². The van der Waals surface area contributed by atoms with E-state index in [0.29, 0.717) is 11.1 Å². The highest BCUT2D eigenvalue weighted by atomic mass is 16.8. The van der Waals surface area contributed by atoms with Crippen molar-refractivity contribution in [2.75, 3.05) is 19.8 Å². The van der Waals surface area contributed by atoms with Gasteiger partial charge in [-0.25, -0.2) is 0 Å². The number of aliphatic hydroxyl groups excluding tert-OH is 5. The fraction of sp³-hybridized carbons (Fsp3) is 0.500. The Labute approximate surface area is 222 Å². The third-order valence-corrected chi connectivity index (χ3v) is 7.11. The van der Waals surface area contributed by atoms with Crippen molar-refractivity contribution in [2.24, 2.45) is 0 Å². The van der Waals surface area contributed by atoms with E-state index < -0.39 is 74.6 Å². The summed E-state index contributed by atoms with van der Waals surface area (Å²) in [7, 11) is 0. The largest absolute Gasteiger partial charge is 0.508 e. The zero-order chi connectivity index (χ0) is 27.9. The molecule has 7 N–H and O–H groups in total. The van der Waals surface area contributed by atoms with Crippen molar-refractivity contribution in [2.45, 2.75) is 61.2 Å². The third kappa shape index (κ3) is 5.33. The molecule has 3 aliphatic heterocycles. The molecule has 2 aromatic rings. The molecule has 13 heteroatoms. The lowest BCUT2D eigenvalue weighted by molar-refractivity contribution is -0.318. The van der Waals surface area contributed by atoms with Crippen LogP contribution in [0.2, 0.25) is 0 Å². The first-order valence-corrected chi connectivity index (χ1v) is 12.3. The molecule has 0 saturated carbocycles. The summed E-state index contributed by atoms with van der Waals surface area (Å²) in [6.45, 7) is -1.88. The van der Waals surface area contributed by atoms with Crippen molar-refractivity contribution >= 4 is 5.78 Å². The minimum Gasteiger partial charge on any atom is -0.508 e. The molecule has 212 valence electrons. The maximum atomic E-state index is 12.5. The number of carbonyl (C=O) groups excluding carboxylic acids is 1. The molecule has 0 amide bonds. The Morgan fingerprint density at radius 3 is 2.41 bits per heavy atom. The van der Waals surface area contributed by atoms with Crippen LogP contribution in [0.1, 0.15) is 28.4 Å². The number of ether oxygens (including phenoxy) is 5. The van der Waals surface area contributed by atoms with E-state index in [9.17, 15) is 40.5 Å². The van der Waals surface area contributed by atoms with Crippen molar-refractivity contribution in [3.63, 3.8) is 0 Å². The third-order valence-electron chi connectivity index (χ3n) is 7.11. The summed E-state index contributed by atoms with van der Waals surface area (Å²) < 4.78 is 28.3. The summed E-state index contributed by atoms with van der Waals surface area (Å²) in [5, 5.41) is 70.3. The second-order valence-electron chi connectivity index (χ2n) is 9.79. The first-order valence-electron chi connectivity index (χ1n) is 12.3. The van der Waals surface area contributed by atoms with Crippen LogP contribution in [0.4, 0.5) is 0 Å². The number of hydrogen-bond donors (Lipinski definition) is 7. The van der Waals surface area contributed by atoms with Crippen molar-refractivity contribution in [1.82, 2.24) is 0 Å². The number of ketones is 1. The van der Waals surface area contributed by atoms with E-state index in [1.54, 1.807) is 24.3 Å². The smallest absolute Gasteiger partial charge is 0.229 e. The summed E-state index contributed by atoms with van der Waals surface area (Å²) in [6.07, 6.45) is -10.9. The molecule has 5 rings (SSSR count). The van der Waals surface area contributed by atoms with E-state index in [1.165, 1.54) is 18.2 Å². The van der Waals surface area contributed by atoms with Gasteiger partial charge >= 0.3 is 0 Å². The predicted octanol–water partition coefficient (Wildman–Crippen LogP) is -1.26. The first-order chi connectivity index (χ1) is 18.6. The second-order valence-corrected chi connectivity index (χ2v) is 9.79. The lowest BCUT2D eigenvalue weighted by Crippen LogP contribution is -2.62. The molecule has 0 bridgehead atoms. The fourth-order valence-corrected chi connectivity index (χ4v) is 4.75. The predicted molar refractivity (Wildman–Crippen MR) is 128 cm³/mol. The van der Waals surface area contributed by atoms with Crippen LogP contribution in [0.3, 0.4) is 0 Å². The zero-order valence-electron chi connectivity index (χ0n) is 20.6. The van der Waals surface area contributed by atoms with Crippen LogP contribution in [0.5, 0.6) is 17.2 Å². The second kappa shape index (κ2) is 11.0. The number of benzene rings is 2. The molecule has 0 aliphatic carbocycles. The van der Waals surface area contributed by atoms with Crippen LogP contribution in [-0.4, -0.2) is 110 Å². The van der Waals surface area contributed by atoms with Gasteiger partial charge in [-0.3, -0.25) is 4.79 Å². The van der Waals surface area contributed by atoms with Gasteiger partial charge in [0, 0.05) is 6.07 Å². The molecule has 2 fully saturated rings. The number of phenols is 1. The van der Waals surface area contributed by atoms with Gasteiger partial charge in [0.2, 0.25) is 6.29 Å². The Balaban J connectivity index is 1.31. The summed E-state index contributed by atoms with van der Waals surface area (Å²) in [6, 6.07) is 10.7. The normalized spacial score (nSPS) is 36.3. The molecule has 0 radical (unpaired) electrons. The maximum absolute atomic E-state index is 12.5. The highest BCUT2D eigenvalue weighted by Crippen LogP contribution is 2.38. The highest BCUT2D eigenvalue weighted by molar-refractivity contribution is 6.00. The molecule has 2 aromatic carbocycles. The van der Waals surface area contributed by atoms with Crippen LogP contribution in [0.25, 0.3) is 0 Å². The molecule has 3 aliphatic rings. The minimum atomic E-state index is -1.98. The number of fused-ring (bicyclic) bond motifs is 1. The number of phenolic OH excluding ortho intramolecular Hbond substituents is 1. The Morgan fingerprint density at radius 2 is 1.74 bits per heavy atom. The molecular formula is C26H30O13. The van der Waals surface area contributed by atoms with Gasteiger partial charge in [-0.15, -0.1) is 0 Å². The molecule has 0 spiro atoms. The maximum Gasteiger partial charge on any atom is 0.229 e. The first kappa shape index (κ1) is 27.7. The summed E-state index contributed by atoms with van der Waals surface area (Å²) in [5.74, 6) is 0.348. The van der Waals surface area contributed by atoms with Crippen molar-refractivity contribution in [3.8, 4) is 17.2 Å². The standard InChI is InChI=1S/C26H30O13/c27-9-19-20(31)21(32)22(39-25-23(33)26(34,10-28)11-35-25)24(38-19)36-14-4-1-12(2-5-14)17-8-16(30)15-6-3-13(29)7-18(15)37-17/h1-7,17,19-25,27-29,31-34H,8-11H2/t17-,19+,20+,21-,22+,23-,24-,25-,26+/m1/s1. The van der Waals surface area contributed by atoms with Gasteiger partial charge in [0.15, 0.2) is 18.2 Å². The number of rotatable bonds is 7. The SMILES string of the molecule is O=C1C[C@H](c2ccc(O[C@@H]3O[C@@H](CO)[C@H](O)[C@@H](O)[C@@H]3O[C@H]3OC[C@@](O)(CO)[C@@H]3O)cc2)Oc2cc(O)ccc21.